The first kappa shape index (κ1) is 13.8. The van der Waals surface area contributed by atoms with E-state index in [9.17, 15) is 4.79 Å². The lowest BCUT2D eigenvalue weighted by Gasteiger charge is -2.17. The van der Waals surface area contributed by atoms with Gasteiger partial charge in [-0.05, 0) is 47.4 Å². The molecule has 3 aromatic rings. The van der Waals surface area contributed by atoms with Gasteiger partial charge in [-0.2, -0.15) is 0 Å². The third kappa shape index (κ3) is 2.53. The molecule has 112 valence electrons. The molecule has 0 saturated carbocycles. The first-order chi connectivity index (χ1) is 11.3. The lowest BCUT2D eigenvalue weighted by Crippen LogP contribution is -2.28. The Morgan fingerprint density at radius 1 is 0.783 bits per heavy atom. The van der Waals surface area contributed by atoms with Crippen LogP contribution in [0, 0.1) is 0 Å². The summed E-state index contributed by atoms with van der Waals surface area (Å²) in [4.78, 5) is 14.6. The van der Waals surface area contributed by atoms with Gasteiger partial charge in [0.1, 0.15) is 0 Å². The average molecular weight is 299 g/mol. The molecule has 0 saturated heterocycles. The molecule has 4 rings (SSSR count). The molecule has 0 aromatic heterocycles. The molecule has 0 N–H and O–H groups in total. The number of fused-ring (bicyclic) bond motifs is 1. The lowest BCUT2D eigenvalue weighted by molar-refractivity contribution is 0.0989. The Bertz CT molecular complexity index is 840. The molecule has 3 aromatic carbocycles. The van der Waals surface area contributed by atoms with Crippen molar-refractivity contribution in [1.29, 1.82) is 0 Å². The van der Waals surface area contributed by atoms with E-state index in [2.05, 4.69) is 30.3 Å². The van der Waals surface area contributed by atoms with Crippen molar-refractivity contribution in [2.24, 2.45) is 0 Å². The van der Waals surface area contributed by atoms with E-state index >= 15 is 0 Å². The van der Waals surface area contributed by atoms with Crippen molar-refractivity contribution in [2.75, 3.05) is 11.4 Å². The van der Waals surface area contributed by atoms with E-state index < -0.39 is 0 Å². The largest absolute Gasteiger partial charge is 0.308 e. The molecule has 1 aliphatic heterocycles. The van der Waals surface area contributed by atoms with Crippen molar-refractivity contribution >= 4 is 11.6 Å². The summed E-state index contributed by atoms with van der Waals surface area (Å²) in [7, 11) is 0. The summed E-state index contributed by atoms with van der Waals surface area (Å²) in [6.07, 6.45) is 0.911. The van der Waals surface area contributed by atoms with Crippen LogP contribution in [0.2, 0.25) is 0 Å². The fourth-order valence-corrected chi connectivity index (χ4v) is 3.16. The highest BCUT2D eigenvalue weighted by atomic mass is 16.2. The minimum Gasteiger partial charge on any atom is -0.308 e. The zero-order valence-corrected chi connectivity index (χ0v) is 12.8. The standard InChI is InChI=1S/C21H17NO/c23-21(17-9-5-2-6-10-17)22-14-13-19-15-18(11-12-20(19)22)16-7-3-1-4-8-16/h1-12,15H,13-14H2. The number of nitrogens with zero attached hydrogens (tertiary/aromatic N) is 1. The summed E-state index contributed by atoms with van der Waals surface area (Å²) < 4.78 is 0. The molecule has 0 fully saturated rings. The number of hydrogen-bond acceptors (Lipinski definition) is 1. The SMILES string of the molecule is O=C(c1ccccc1)N1CCc2cc(-c3ccccc3)ccc21. The van der Waals surface area contributed by atoms with Gasteiger partial charge in [0.25, 0.3) is 5.91 Å². The van der Waals surface area contributed by atoms with Gasteiger partial charge in [0.15, 0.2) is 0 Å². The van der Waals surface area contributed by atoms with Gasteiger partial charge in [0.05, 0.1) is 0 Å². The van der Waals surface area contributed by atoms with Crippen LogP contribution in [0.4, 0.5) is 5.69 Å². The van der Waals surface area contributed by atoms with E-state index in [-0.39, 0.29) is 5.91 Å². The fourth-order valence-electron chi connectivity index (χ4n) is 3.16. The fraction of sp³-hybridized carbons (Fsp3) is 0.0952. The number of amides is 1. The molecule has 0 aliphatic carbocycles. The Labute approximate surface area is 136 Å². The van der Waals surface area contributed by atoms with E-state index in [1.54, 1.807) is 0 Å². The van der Waals surface area contributed by atoms with Gasteiger partial charge >= 0.3 is 0 Å². The molecule has 1 aliphatic rings. The molecular formula is C21H17NO. The molecule has 2 heteroatoms. The minimum atomic E-state index is 0.0804. The Morgan fingerprint density at radius 2 is 1.48 bits per heavy atom. The molecule has 0 radical (unpaired) electrons. The van der Waals surface area contributed by atoms with E-state index in [0.717, 1.165) is 24.2 Å². The summed E-state index contributed by atoms with van der Waals surface area (Å²) >= 11 is 0. The second-order valence-corrected chi connectivity index (χ2v) is 5.78. The number of rotatable bonds is 2. The first-order valence-electron chi connectivity index (χ1n) is 7.88. The molecule has 0 spiro atoms. The maximum atomic E-state index is 12.7. The van der Waals surface area contributed by atoms with Crippen LogP contribution in [0.1, 0.15) is 15.9 Å². The van der Waals surface area contributed by atoms with Gasteiger partial charge in [0, 0.05) is 17.8 Å². The highest BCUT2D eigenvalue weighted by molar-refractivity contribution is 6.07. The Hall–Kier alpha value is -2.87. The van der Waals surface area contributed by atoms with Crippen molar-refractivity contribution in [1.82, 2.24) is 0 Å². The minimum absolute atomic E-state index is 0.0804. The number of benzene rings is 3. The van der Waals surface area contributed by atoms with E-state index in [4.69, 9.17) is 0 Å². The number of carbonyl (C=O) groups excluding carboxylic acids is 1. The van der Waals surface area contributed by atoms with Gasteiger partial charge in [0.2, 0.25) is 0 Å². The zero-order chi connectivity index (χ0) is 15.6. The smallest absolute Gasteiger partial charge is 0.258 e. The van der Waals surface area contributed by atoms with Crippen LogP contribution in [0.15, 0.2) is 78.9 Å². The van der Waals surface area contributed by atoms with Gasteiger partial charge in [-0.15, -0.1) is 0 Å². The topological polar surface area (TPSA) is 20.3 Å². The Balaban J connectivity index is 1.67. The summed E-state index contributed by atoms with van der Waals surface area (Å²) in [5.74, 6) is 0.0804. The molecule has 1 heterocycles. The first-order valence-corrected chi connectivity index (χ1v) is 7.88. The van der Waals surface area contributed by atoms with Crippen molar-refractivity contribution in [3.05, 3.63) is 90.0 Å². The van der Waals surface area contributed by atoms with Crippen LogP contribution in [-0.4, -0.2) is 12.5 Å². The Morgan fingerprint density at radius 3 is 2.22 bits per heavy atom. The van der Waals surface area contributed by atoms with E-state index in [1.807, 2.05) is 53.4 Å². The molecule has 1 amide bonds. The quantitative estimate of drug-likeness (QED) is 0.679. The molecule has 0 atom stereocenters. The summed E-state index contributed by atoms with van der Waals surface area (Å²) in [6.45, 7) is 0.751. The van der Waals surface area contributed by atoms with Gasteiger partial charge < -0.3 is 4.90 Å². The summed E-state index contributed by atoms with van der Waals surface area (Å²) in [6, 6.07) is 26.2. The van der Waals surface area contributed by atoms with E-state index in [1.165, 1.54) is 16.7 Å². The summed E-state index contributed by atoms with van der Waals surface area (Å²) in [5.41, 5.74) is 5.45. The van der Waals surface area contributed by atoms with Crippen LogP contribution in [0.3, 0.4) is 0 Å². The number of hydrogen-bond donors (Lipinski definition) is 0. The van der Waals surface area contributed by atoms with Gasteiger partial charge in [-0.3, -0.25) is 4.79 Å². The second-order valence-electron chi connectivity index (χ2n) is 5.78. The van der Waals surface area contributed by atoms with Crippen molar-refractivity contribution in [3.63, 3.8) is 0 Å². The molecule has 0 bridgehead atoms. The molecular weight excluding hydrogens is 282 g/mol. The highest BCUT2D eigenvalue weighted by Gasteiger charge is 2.25. The zero-order valence-electron chi connectivity index (χ0n) is 12.8. The van der Waals surface area contributed by atoms with Crippen molar-refractivity contribution in [3.8, 4) is 11.1 Å². The van der Waals surface area contributed by atoms with Gasteiger partial charge in [-0.1, -0.05) is 54.6 Å². The van der Waals surface area contributed by atoms with Crippen LogP contribution in [0.5, 0.6) is 0 Å². The highest BCUT2D eigenvalue weighted by Crippen LogP contribution is 2.33. The van der Waals surface area contributed by atoms with Crippen LogP contribution in [0.25, 0.3) is 11.1 Å². The predicted octanol–water partition coefficient (Wildman–Crippen LogP) is 4.56. The van der Waals surface area contributed by atoms with Gasteiger partial charge in [-0.25, -0.2) is 0 Å². The lowest BCUT2D eigenvalue weighted by atomic mass is 10.0. The van der Waals surface area contributed by atoms with Crippen molar-refractivity contribution < 1.29 is 4.79 Å². The number of anilines is 1. The van der Waals surface area contributed by atoms with Crippen LogP contribution >= 0.6 is 0 Å². The summed E-state index contributed by atoms with van der Waals surface area (Å²) in [5, 5.41) is 0. The molecule has 23 heavy (non-hydrogen) atoms. The maximum absolute atomic E-state index is 12.7. The predicted molar refractivity (Wildman–Crippen MR) is 93.7 cm³/mol. The monoisotopic (exact) mass is 299 g/mol. The second kappa shape index (κ2) is 5.73. The molecule has 0 unspecified atom stereocenters. The van der Waals surface area contributed by atoms with Crippen LogP contribution < -0.4 is 4.90 Å². The third-order valence-corrected chi connectivity index (χ3v) is 4.35. The average Bonchev–Trinajstić information content (AvgIpc) is 3.05. The third-order valence-electron chi connectivity index (χ3n) is 4.35. The normalized spacial score (nSPS) is 13.0. The van der Waals surface area contributed by atoms with Crippen molar-refractivity contribution in [2.45, 2.75) is 6.42 Å². The maximum Gasteiger partial charge on any atom is 0.258 e. The number of carbonyl (C=O) groups is 1. The van der Waals surface area contributed by atoms with E-state index in [0.29, 0.717) is 0 Å². The molecule has 2 nitrogen and oxygen atoms in total. The van der Waals surface area contributed by atoms with Crippen LogP contribution in [-0.2, 0) is 6.42 Å². The Kier molecular flexibility index (Phi) is 3.43.